The summed E-state index contributed by atoms with van der Waals surface area (Å²) in [6, 6.07) is 0. The van der Waals surface area contributed by atoms with Crippen molar-refractivity contribution in [3.05, 3.63) is 46.6 Å². The van der Waals surface area contributed by atoms with Gasteiger partial charge in [0.2, 0.25) is 23.0 Å². The quantitative estimate of drug-likeness (QED) is 0.374. The van der Waals surface area contributed by atoms with E-state index in [-0.39, 0.29) is 0 Å². The van der Waals surface area contributed by atoms with Crippen molar-refractivity contribution < 1.29 is 37.9 Å². The van der Waals surface area contributed by atoms with Crippen LogP contribution < -0.4 is 37.9 Å². The van der Waals surface area contributed by atoms with E-state index in [1.807, 2.05) is 27.7 Å². The van der Waals surface area contributed by atoms with Crippen molar-refractivity contribution in [3.8, 4) is 69.7 Å². The summed E-state index contributed by atoms with van der Waals surface area (Å²) >= 11 is 0. The molecule has 0 aliphatic carbocycles. The van der Waals surface area contributed by atoms with Gasteiger partial charge in [-0.05, 0) is 38.8 Å². The molecule has 0 fully saturated rings. The van der Waals surface area contributed by atoms with Crippen molar-refractivity contribution in [1.82, 2.24) is 0 Å². The van der Waals surface area contributed by atoms with Gasteiger partial charge in [0.05, 0.1) is 68.0 Å². The van der Waals surface area contributed by atoms with Crippen molar-refractivity contribution in [3.63, 3.8) is 0 Å². The van der Waals surface area contributed by atoms with E-state index in [2.05, 4.69) is 36.8 Å². The molecule has 216 valence electrons. The van der Waals surface area contributed by atoms with Crippen molar-refractivity contribution in [2.45, 2.75) is 27.7 Å². The summed E-state index contributed by atoms with van der Waals surface area (Å²) in [5.74, 6) is 16.1. The zero-order valence-corrected chi connectivity index (χ0v) is 25.7. The summed E-state index contributed by atoms with van der Waals surface area (Å²) in [7, 11) is 12.5. The zero-order valence-electron chi connectivity index (χ0n) is 25.7. The number of rotatable bonds is 8. The molecule has 0 unspecified atom stereocenters. The first kappa shape index (κ1) is 33.5. The lowest BCUT2D eigenvalue weighted by molar-refractivity contribution is 0.304. The number of benzene rings is 2. The molecule has 8 nitrogen and oxygen atoms in total. The van der Waals surface area contributed by atoms with E-state index in [1.54, 1.807) is 56.9 Å². The number of hydrogen-bond donors (Lipinski definition) is 0. The van der Waals surface area contributed by atoms with Gasteiger partial charge in [0.25, 0.3) is 0 Å². The Kier molecular flexibility index (Phi) is 13.2. The van der Waals surface area contributed by atoms with Gasteiger partial charge in [0, 0.05) is 11.1 Å². The Balaban J connectivity index is 0.000000400. The molecule has 2 aromatic rings. The lowest BCUT2D eigenvalue weighted by atomic mass is 10.0. The van der Waals surface area contributed by atoms with Gasteiger partial charge < -0.3 is 37.9 Å². The first-order chi connectivity index (χ1) is 19.0. The van der Waals surface area contributed by atoms with Gasteiger partial charge in [0.15, 0.2) is 23.0 Å². The van der Waals surface area contributed by atoms with Gasteiger partial charge >= 0.3 is 0 Å². The maximum Gasteiger partial charge on any atom is 0.208 e. The van der Waals surface area contributed by atoms with Crippen molar-refractivity contribution >= 4 is 0 Å². The minimum Gasteiger partial charge on any atom is -0.492 e. The van der Waals surface area contributed by atoms with Gasteiger partial charge in [-0.15, -0.1) is 0 Å². The maximum atomic E-state index is 5.43. The second-order valence-corrected chi connectivity index (χ2v) is 8.33. The van der Waals surface area contributed by atoms with E-state index in [9.17, 15) is 0 Å². The standard InChI is InChI=1S/2C16H20O4/c2*1-10(2)8-9-12-11(3)13(17-4)15(19-6)16(20-7)14(12)18-5/h2*1H2,2-7H3. The molecule has 0 aromatic heterocycles. The fraction of sp³-hybridized carbons (Fsp3) is 0.375. The van der Waals surface area contributed by atoms with Crippen LogP contribution in [-0.2, 0) is 0 Å². The lowest BCUT2D eigenvalue weighted by Gasteiger charge is -2.19. The smallest absolute Gasteiger partial charge is 0.208 e. The Bertz CT molecular complexity index is 1260. The van der Waals surface area contributed by atoms with Gasteiger partial charge in [0.1, 0.15) is 0 Å². The third kappa shape index (κ3) is 7.30. The average Bonchev–Trinajstić information content (AvgIpc) is 2.94. The molecule has 0 aliphatic rings. The highest BCUT2D eigenvalue weighted by molar-refractivity contribution is 5.72. The van der Waals surface area contributed by atoms with Crippen LogP contribution in [0.5, 0.6) is 46.0 Å². The van der Waals surface area contributed by atoms with Crippen LogP contribution in [0.3, 0.4) is 0 Å². The molecule has 0 aliphatic heterocycles. The molecule has 2 rings (SSSR count). The Morgan fingerprint density at radius 2 is 0.650 bits per heavy atom. The van der Waals surface area contributed by atoms with E-state index in [0.717, 1.165) is 22.3 Å². The third-order valence-electron chi connectivity index (χ3n) is 5.56. The summed E-state index contributed by atoms with van der Waals surface area (Å²) in [6.07, 6.45) is 0. The molecule has 2 aromatic carbocycles. The van der Waals surface area contributed by atoms with Crippen LogP contribution in [0.15, 0.2) is 24.3 Å². The molecule has 0 atom stereocenters. The Labute approximate surface area is 238 Å². The van der Waals surface area contributed by atoms with E-state index in [4.69, 9.17) is 37.9 Å². The first-order valence-electron chi connectivity index (χ1n) is 12.1. The van der Waals surface area contributed by atoms with Crippen LogP contribution in [0.1, 0.15) is 36.1 Å². The van der Waals surface area contributed by atoms with Crippen LogP contribution in [0, 0.1) is 37.5 Å². The first-order valence-corrected chi connectivity index (χ1v) is 12.1. The molecule has 0 heterocycles. The Hall–Kier alpha value is -4.56. The summed E-state index contributed by atoms with van der Waals surface area (Å²) in [5, 5.41) is 0. The van der Waals surface area contributed by atoms with Crippen molar-refractivity contribution in [2.75, 3.05) is 56.9 Å². The zero-order chi connectivity index (χ0) is 30.6. The molecule has 0 saturated carbocycles. The number of methoxy groups -OCH3 is 8. The van der Waals surface area contributed by atoms with Gasteiger partial charge in [-0.1, -0.05) is 36.8 Å². The highest BCUT2D eigenvalue weighted by atomic mass is 16.6. The topological polar surface area (TPSA) is 73.8 Å². The van der Waals surface area contributed by atoms with Crippen LogP contribution in [0.2, 0.25) is 0 Å². The molecule has 40 heavy (non-hydrogen) atoms. The van der Waals surface area contributed by atoms with Gasteiger partial charge in [-0.3, -0.25) is 0 Å². The molecule has 0 bridgehead atoms. The summed E-state index contributed by atoms with van der Waals surface area (Å²) in [4.78, 5) is 0. The summed E-state index contributed by atoms with van der Waals surface area (Å²) in [6.45, 7) is 15.0. The highest BCUT2D eigenvalue weighted by Crippen LogP contribution is 2.50. The van der Waals surface area contributed by atoms with Crippen LogP contribution in [0.25, 0.3) is 0 Å². The van der Waals surface area contributed by atoms with E-state index in [0.29, 0.717) is 57.1 Å². The molecular formula is C32H40O8. The fourth-order valence-corrected chi connectivity index (χ4v) is 3.81. The minimum atomic E-state index is 0.462. The van der Waals surface area contributed by atoms with Crippen LogP contribution >= 0.6 is 0 Å². The van der Waals surface area contributed by atoms with E-state index in [1.165, 1.54) is 0 Å². The molecule has 0 N–H and O–H groups in total. The third-order valence-corrected chi connectivity index (χ3v) is 5.56. The van der Waals surface area contributed by atoms with Crippen molar-refractivity contribution in [2.24, 2.45) is 0 Å². The molecule has 0 saturated heterocycles. The number of allylic oxidation sites excluding steroid dienone is 2. The highest BCUT2D eigenvalue weighted by Gasteiger charge is 2.25. The van der Waals surface area contributed by atoms with Crippen LogP contribution in [0.4, 0.5) is 0 Å². The van der Waals surface area contributed by atoms with Gasteiger partial charge in [-0.25, -0.2) is 0 Å². The molecule has 0 amide bonds. The SMILES string of the molecule is C=C(C)C#Cc1c(C)c(OC)c(OC)c(OC)c1OC.C=C(C)C#Cc1c(C)c(OC)c(OC)c(OC)c1OC. The van der Waals surface area contributed by atoms with Crippen molar-refractivity contribution in [1.29, 1.82) is 0 Å². The van der Waals surface area contributed by atoms with Gasteiger partial charge in [-0.2, -0.15) is 0 Å². The largest absolute Gasteiger partial charge is 0.492 e. The average molecular weight is 553 g/mol. The van der Waals surface area contributed by atoms with Crippen LogP contribution in [-0.4, -0.2) is 56.9 Å². The summed E-state index contributed by atoms with van der Waals surface area (Å²) in [5.41, 5.74) is 4.59. The fourth-order valence-electron chi connectivity index (χ4n) is 3.81. The second-order valence-electron chi connectivity index (χ2n) is 8.33. The number of ether oxygens (including phenoxy) is 8. The minimum absolute atomic E-state index is 0.462. The van der Waals surface area contributed by atoms with E-state index < -0.39 is 0 Å². The normalized spacial score (nSPS) is 9.30. The van der Waals surface area contributed by atoms with E-state index >= 15 is 0 Å². The number of hydrogen-bond acceptors (Lipinski definition) is 8. The summed E-state index contributed by atoms with van der Waals surface area (Å²) < 4.78 is 43.2. The predicted molar refractivity (Wildman–Crippen MR) is 158 cm³/mol. The Morgan fingerprint density at radius 1 is 0.425 bits per heavy atom. The molecule has 8 heteroatoms. The molecule has 0 spiro atoms. The second kappa shape index (κ2) is 15.8. The lowest BCUT2D eigenvalue weighted by Crippen LogP contribution is -2.03. The predicted octanol–water partition coefficient (Wildman–Crippen LogP) is 5.91. The monoisotopic (exact) mass is 552 g/mol. The molecular weight excluding hydrogens is 512 g/mol. The molecule has 0 radical (unpaired) electrons. The Morgan fingerprint density at radius 3 is 0.850 bits per heavy atom. The maximum absolute atomic E-state index is 5.43.